The van der Waals surface area contributed by atoms with Gasteiger partial charge in [-0.3, -0.25) is 4.79 Å². The number of carbonyl (C=O) groups excluding carboxylic acids is 2. The van der Waals surface area contributed by atoms with Crippen molar-refractivity contribution < 1.29 is 19.1 Å². The van der Waals surface area contributed by atoms with Crippen LogP contribution in [-0.4, -0.2) is 24.5 Å². The lowest BCUT2D eigenvalue weighted by molar-refractivity contribution is -0.140. The van der Waals surface area contributed by atoms with Gasteiger partial charge in [0, 0.05) is 16.7 Å². The van der Waals surface area contributed by atoms with E-state index in [9.17, 15) is 9.59 Å². The quantitative estimate of drug-likeness (QED) is 0.413. The lowest BCUT2D eigenvalue weighted by Gasteiger charge is -2.11. The maximum absolute atomic E-state index is 12.3. The van der Waals surface area contributed by atoms with Gasteiger partial charge in [0.2, 0.25) is 5.78 Å². The standard InChI is InChI=1S/C20H19ClO4/c1-3-24-18-11-7-16(8-12-18)20(23)14(2)25-19(22)13-6-15-4-9-17(21)10-5-15/h4-14H,3H2,1-2H3/b13-6+/t14-/m0/s1. The van der Waals surface area contributed by atoms with E-state index in [0.717, 1.165) is 5.56 Å². The van der Waals surface area contributed by atoms with Gasteiger partial charge in [0.25, 0.3) is 0 Å². The monoisotopic (exact) mass is 358 g/mol. The lowest BCUT2D eigenvalue weighted by atomic mass is 10.1. The van der Waals surface area contributed by atoms with Crippen LogP contribution in [0.1, 0.15) is 29.8 Å². The summed E-state index contributed by atoms with van der Waals surface area (Å²) in [5.74, 6) is -0.160. The Morgan fingerprint density at radius 2 is 1.72 bits per heavy atom. The van der Waals surface area contributed by atoms with Gasteiger partial charge in [-0.15, -0.1) is 0 Å². The van der Waals surface area contributed by atoms with E-state index >= 15 is 0 Å². The summed E-state index contributed by atoms with van der Waals surface area (Å²) < 4.78 is 10.5. The fraction of sp³-hybridized carbons (Fsp3) is 0.200. The molecule has 0 aliphatic heterocycles. The van der Waals surface area contributed by atoms with Crippen LogP contribution in [0, 0.1) is 0 Å². The zero-order chi connectivity index (χ0) is 18.2. The average Bonchev–Trinajstić information content (AvgIpc) is 2.61. The van der Waals surface area contributed by atoms with Crippen molar-refractivity contribution in [2.45, 2.75) is 20.0 Å². The van der Waals surface area contributed by atoms with E-state index in [0.29, 0.717) is 22.9 Å². The molecule has 0 N–H and O–H groups in total. The fourth-order valence-electron chi connectivity index (χ4n) is 2.12. The molecular formula is C20H19ClO4. The van der Waals surface area contributed by atoms with Crippen LogP contribution >= 0.6 is 11.6 Å². The highest BCUT2D eigenvalue weighted by molar-refractivity contribution is 6.30. The van der Waals surface area contributed by atoms with Gasteiger partial charge in [-0.05, 0) is 61.9 Å². The molecule has 0 aliphatic carbocycles. The summed E-state index contributed by atoms with van der Waals surface area (Å²) in [6, 6.07) is 13.7. The summed E-state index contributed by atoms with van der Waals surface area (Å²) >= 11 is 5.80. The SMILES string of the molecule is CCOc1ccc(C(=O)[C@H](C)OC(=O)/C=C/c2ccc(Cl)cc2)cc1. The first-order valence-electron chi connectivity index (χ1n) is 7.91. The van der Waals surface area contributed by atoms with Crippen LogP contribution in [0.25, 0.3) is 6.08 Å². The van der Waals surface area contributed by atoms with Crippen LogP contribution in [0.3, 0.4) is 0 Å². The molecule has 130 valence electrons. The van der Waals surface area contributed by atoms with Crippen molar-refractivity contribution >= 4 is 29.4 Å². The van der Waals surface area contributed by atoms with Gasteiger partial charge in [0.05, 0.1) is 6.61 Å². The second-order valence-corrected chi connectivity index (χ2v) is 5.72. The Bertz CT molecular complexity index is 748. The molecule has 2 rings (SSSR count). The van der Waals surface area contributed by atoms with Crippen molar-refractivity contribution in [1.29, 1.82) is 0 Å². The molecule has 0 unspecified atom stereocenters. The van der Waals surface area contributed by atoms with Crippen LogP contribution in [0.15, 0.2) is 54.6 Å². The molecule has 2 aromatic rings. The Hall–Kier alpha value is -2.59. The number of benzene rings is 2. The second-order valence-electron chi connectivity index (χ2n) is 5.29. The highest BCUT2D eigenvalue weighted by Gasteiger charge is 2.18. The van der Waals surface area contributed by atoms with E-state index in [2.05, 4.69) is 0 Å². The average molecular weight is 359 g/mol. The molecule has 25 heavy (non-hydrogen) atoms. The minimum atomic E-state index is -0.875. The van der Waals surface area contributed by atoms with Gasteiger partial charge < -0.3 is 9.47 Å². The minimum absolute atomic E-state index is 0.267. The number of esters is 1. The normalized spacial score (nSPS) is 12.0. The third-order valence-electron chi connectivity index (χ3n) is 3.39. The Kier molecular flexibility index (Phi) is 6.78. The van der Waals surface area contributed by atoms with E-state index < -0.39 is 12.1 Å². The number of halogens is 1. The van der Waals surface area contributed by atoms with Crippen molar-refractivity contribution in [3.05, 3.63) is 70.8 Å². The Labute approximate surface area is 152 Å². The molecule has 0 spiro atoms. The van der Waals surface area contributed by atoms with Gasteiger partial charge in [-0.2, -0.15) is 0 Å². The van der Waals surface area contributed by atoms with Crippen molar-refractivity contribution in [3.63, 3.8) is 0 Å². The Morgan fingerprint density at radius 1 is 1.08 bits per heavy atom. The predicted octanol–water partition coefficient (Wildman–Crippen LogP) is 4.57. The third kappa shape index (κ3) is 5.76. The fourth-order valence-corrected chi connectivity index (χ4v) is 2.25. The maximum Gasteiger partial charge on any atom is 0.331 e. The molecule has 0 heterocycles. The van der Waals surface area contributed by atoms with Crippen LogP contribution in [-0.2, 0) is 9.53 Å². The predicted molar refractivity (Wildman–Crippen MR) is 98.0 cm³/mol. The number of Topliss-reactive ketones (excluding diaryl/α,β-unsaturated/α-hetero) is 1. The number of carbonyl (C=O) groups is 2. The number of ether oxygens (including phenoxy) is 2. The summed E-state index contributed by atoms with van der Waals surface area (Å²) in [6.07, 6.45) is 2.01. The van der Waals surface area contributed by atoms with E-state index in [1.54, 1.807) is 61.5 Å². The van der Waals surface area contributed by atoms with Gasteiger partial charge in [-0.25, -0.2) is 4.79 Å². The topological polar surface area (TPSA) is 52.6 Å². The molecule has 5 heteroatoms. The molecular weight excluding hydrogens is 340 g/mol. The summed E-state index contributed by atoms with van der Waals surface area (Å²) in [5.41, 5.74) is 1.28. The van der Waals surface area contributed by atoms with Crippen LogP contribution in [0.2, 0.25) is 5.02 Å². The zero-order valence-corrected chi connectivity index (χ0v) is 14.8. The number of rotatable bonds is 7. The third-order valence-corrected chi connectivity index (χ3v) is 3.65. The van der Waals surface area contributed by atoms with Gasteiger partial charge in [0.15, 0.2) is 6.10 Å². The summed E-state index contributed by atoms with van der Waals surface area (Å²) in [7, 11) is 0. The minimum Gasteiger partial charge on any atom is -0.494 e. The van der Waals surface area contributed by atoms with Crippen molar-refractivity contribution in [3.8, 4) is 5.75 Å². The molecule has 1 atom stereocenters. The molecule has 0 fully saturated rings. The molecule has 0 aliphatic rings. The van der Waals surface area contributed by atoms with Gasteiger partial charge >= 0.3 is 5.97 Å². The maximum atomic E-state index is 12.3. The number of hydrogen-bond donors (Lipinski definition) is 0. The Morgan fingerprint density at radius 3 is 2.32 bits per heavy atom. The van der Waals surface area contributed by atoms with Crippen LogP contribution < -0.4 is 4.74 Å². The zero-order valence-electron chi connectivity index (χ0n) is 14.1. The molecule has 0 bridgehead atoms. The highest BCUT2D eigenvalue weighted by atomic mass is 35.5. The first-order valence-corrected chi connectivity index (χ1v) is 8.28. The molecule has 0 radical (unpaired) electrons. The summed E-state index contributed by atoms with van der Waals surface area (Å²) in [4.78, 5) is 24.2. The molecule has 0 aromatic heterocycles. The van der Waals surface area contributed by atoms with Crippen molar-refractivity contribution in [1.82, 2.24) is 0 Å². The lowest BCUT2D eigenvalue weighted by Crippen LogP contribution is -2.23. The van der Waals surface area contributed by atoms with Crippen LogP contribution in [0.5, 0.6) is 5.75 Å². The number of ketones is 1. The van der Waals surface area contributed by atoms with Crippen molar-refractivity contribution in [2.75, 3.05) is 6.61 Å². The second kappa shape index (κ2) is 9.04. The summed E-state index contributed by atoms with van der Waals surface area (Å²) in [6.45, 7) is 3.99. The van der Waals surface area contributed by atoms with Gasteiger partial charge in [-0.1, -0.05) is 23.7 Å². The van der Waals surface area contributed by atoms with E-state index in [1.807, 2.05) is 6.92 Å². The smallest absolute Gasteiger partial charge is 0.331 e. The van der Waals surface area contributed by atoms with E-state index in [4.69, 9.17) is 21.1 Å². The van der Waals surface area contributed by atoms with E-state index in [1.165, 1.54) is 6.08 Å². The summed E-state index contributed by atoms with van der Waals surface area (Å²) in [5, 5.41) is 0.620. The first-order chi connectivity index (χ1) is 12.0. The number of hydrogen-bond acceptors (Lipinski definition) is 4. The highest BCUT2D eigenvalue weighted by Crippen LogP contribution is 2.15. The van der Waals surface area contributed by atoms with Crippen molar-refractivity contribution in [2.24, 2.45) is 0 Å². The van der Waals surface area contributed by atoms with Crippen LogP contribution in [0.4, 0.5) is 0 Å². The largest absolute Gasteiger partial charge is 0.494 e. The molecule has 4 nitrogen and oxygen atoms in total. The molecule has 0 saturated heterocycles. The Balaban J connectivity index is 1.93. The molecule has 0 amide bonds. The van der Waals surface area contributed by atoms with E-state index in [-0.39, 0.29) is 5.78 Å². The first kappa shape index (κ1) is 18.7. The molecule has 2 aromatic carbocycles. The van der Waals surface area contributed by atoms with Gasteiger partial charge in [0.1, 0.15) is 5.75 Å². The molecule has 0 saturated carbocycles.